The Morgan fingerprint density at radius 1 is 1.12 bits per heavy atom. The van der Waals surface area contributed by atoms with Gasteiger partial charge >= 0.3 is 16.4 Å². The fraction of sp³-hybridized carbons (Fsp3) is 0.605. The van der Waals surface area contributed by atoms with Crippen LogP contribution >= 0.6 is 15.9 Å². The molecular formula is C38H52BrN5O11S. The Kier molecular flexibility index (Phi) is 12.0. The topological polar surface area (TPSA) is 201 Å². The average Bonchev–Trinajstić information content (AvgIpc) is 3.94. The molecule has 4 amide bonds. The summed E-state index contributed by atoms with van der Waals surface area (Å²) in [5, 5.41) is 6.04. The first-order valence-electron chi connectivity index (χ1n) is 18.4. The molecule has 2 aromatic rings. The van der Waals surface area contributed by atoms with Gasteiger partial charge in [0.15, 0.2) is 0 Å². The van der Waals surface area contributed by atoms with E-state index in [9.17, 15) is 27.6 Å². The lowest BCUT2D eigenvalue weighted by atomic mass is 9.85. The third-order valence-electron chi connectivity index (χ3n) is 9.78. The van der Waals surface area contributed by atoms with E-state index >= 15 is 0 Å². The van der Waals surface area contributed by atoms with Crippen LogP contribution in [0.5, 0.6) is 17.4 Å². The molecule has 3 aliphatic rings. The average molecular weight is 867 g/mol. The van der Waals surface area contributed by atoms with Crippen molar-refractivity contribution in [2.24, 2.45) is 11.3 Å². The molecule has 2 heterocycles. The number of hydrogen-bond acceptors (Lipinski definition) is 12. The van der Waals surface area contributed by atoms with Crippen molar-refractivity contribution in [3.8, 4) is 17.4 Å². The molecule has 2 aliphatic carbocycles. The molecule has 5 rings (SSSR count). The van der Waals surface area contributed by atoms with E-state index in [4.69, 9.17) is 23.1 Å². The second-order valence-electron chi connectivity index (χ2n) is 16.7. The summed E-state index contributed by atoms with van der Waals surface area (Å²) < 4.78 is 56.6. The maximum Gasteiger partial charge on any atom is 0.408 e. The van der Waals surface area contributed by atoms with Gasteiger partial charge < -0.3 is 34.5 Å². The number of aromatic nitrogens is 1. The van der Waals surface area contributed by atoms with Crippen LogP contribution in [0.25, 0.3) is 10.9 Å². The zero-order valence-corrected chi connectivity index (χ0v) is 35.6. The maximum absolute atomic E-state index is 14.6. The number of amides is 4. The number of fused-ring (bicyclic) bond motifs is 1. The van der Waals surface area contributed by atoms with Gasteiger partial charge in [0.2, 0.25) is 17.7 Å². The number of likely N-dealkylation sites (tertiary alicyclic amines) is 1. The summed E-state index contributed by atoms with van der Waals surface area (Å²) in [6.07, 6.45) is 0.898. The van der Waals surface area contributed by atoms with Gasteiger partial charge in [0.05, 0.1) is 35.9 Å². The fourth-order valence-corrected chi connectivity index (χ4v) is 8.29. The van der Waals surface area contributed by atoms with Crippen LogP contribution in [0.15, 0.2) is 35.3 Å². The van der Waals surface area contributed by atoms with E-state index in [-0.39, 0.29) is 25.3 Å². The smallest absolute Gasteiger partial charge is 0.408 e. The van der Waals surface area contributed by atoms with Crippen molar-refractivity contribution in [3.05, 3.63) is 35.3 Å². The molecule has 18 heteroatoms. The van der Waals surface area contributed by atoms with E-state index in [0.717, 1.165) is 0 Å². The number of hydrogen-bond donors (Lipinski definition) is 3. The van der Waals surface area contributed by atoms with Crippen LogP contribution < -0.4 is 29.6 Å². The van der Waals surface area contributed by atoms with Gasteiger partial charge in [-0.1, -0.05) is 26.8 Å². The second kappa shape index (κ2) is 15.6. The highest BCUT2D eigenvalue weighted by Crippen LogP contribution is 2.46. The van der Waals surface area contributed by atoms with Crippen LogP contribution in [0, 0.1) is 11.3 Å². The van der Waals surface area contributed by atoms with Crippen LogP contribution in [0.1, 0.15) is 81.1 Å². The van der Waals surface area contributed by atoms with Crippen molar-refractivity contribution in [2.75, 3.05) is 20.3 Å². The van der Waals surface area contributed by atoms with Crippen molar-refractivity contribution >= 4 is 61.0 Å². The first-order valence-corrected chi connectivity index (χ1v) is 20.6. The van der Waals surface area contributed by atoms with E-state index < -0.39 is 80.4 Å². The highest BCUT2D eigenvalue weighted by molar-refractivity contribution is 9.10. The summed E-state index contributed by atoms with van der Waals surface area (Å²) in [6.45, 7) is 17.8. The third kappa shape index (κ3) is 9.68. The van der Waals surface area contributed by atoms with Crippen molar-refractivity contribution in [1.82, 2.24) is 25.2 Å². The van der Waals surface area contributed by atoms with E-state index in [1.54, 1.807) is 66.7 Å². The quantitative estimate of drug-likeness (QED) is 0.222. The number of carbonyl (C=O) groups excluding carboxylic acids is 4. The summed E-state index contributed by atoms with van der Waals surface area (Å²) in [6, 6.07) is 2.75. The molecular weight excluding hydrogens is 814 g/mol. The summed E-state index contributed by atoms with van der Waals surface area (Å²) in [5.74, 6) is -1.77. The molecule has 0 bridgehead atoms. The number of alkyl carbamates (subject to hydrolysis) is 1. The van der Waals surface area contributed by atoms with Gasteiger partial charge in [-0.25, -0.2) is 18.7 Å². The molecule has 16 nitrogen and oxygen atoms in total. The monoisotopic (exact) mass is 865 g/mol. The minimum absolute atomic E-state index is 0.0395. The number of nitrogens with zero attached hydrogens (tertiary/aromatic N) is 2. The highest BCUT2D eigenvalue weighted by Gasteiger charge is 2.62. The molecule has 1 aliphatic heterocycles. The van der Waals surface area contributed by atoms with Crippen LogP contribution in [0.4, 0.5) is 4.79 Å². The Labute approximate surface area is 336 Å². The van der Waals surface area contributed by atoms with Crippen molar-refractivity contribution in [3.63, 3.8) is 0 Å². The van der Waals surface area contributed by atoms with E-state index in [0.29, 0.717) is 46.3 Å². The van der Waals surface area contributed by atoms with Gasteiger partial charge in [0.25, 0.3) is 5.91 Å². The van der Waals surface area contributed by atoms with Crippen LogP contribution in [-0.2, 0) is 33.6 Å². The lowest BCUT2D eigenvalue weighted by Gasteiger charge is -2.36. The summed E-state index contributed by atoms with van der Waals surface area (Å²) in [4.78, 5) is 61.6. The van der Waals surface area contributed by atoms with E-state index in [1.165, 1.54) is 18.1 Å². The number of ether oxygens (including phenoxy) is 4. The van der Waals surface area contributed by atoms with Crippen molar-refractivity contribution < 1.29 is 50.7 Å². The Hall–Kier alpha value is -4.16. The fourth-order valence-electron chi connectivity index (χ4n) is 6.54. The Morgan fingerprint density at radius 3 is 2.36 bits per heavy atom. The largest absolute Gasteiger partial charge is 0.495 e. The standard InChI is InChI=1S/C38H52BrN5O11S/c1-11-21-19-38(21,33(47)43-56(49,50)55-37(9)15-16-37)42-31(45)24-17-22(20-44(24)32(46)30(35(3,4)5)41-34(48)54-36(6,7)8)53-26-18-27(52-12-2)40-29-23(26)13-14-25(51-10)28(29)39/h11,13-14,18,21-22,24,30H,1,12,15-17,19-20H2,2-10H3,(H,41,48)(H,42,45)(H,43,47)/t21-,22-,24+,30-,38-/m1/s1. The maximum atomic E-state index is 14.6. The number of benzene rings is 1. The Balaban J connectivity index is 1.49. The highest BCUT2D eigenvalue weighted by atomic mass is 79.9. The number of pyridine rings is 1. The van der Waals surface area contributed by atoms with Crippen molar-refractivity contribution in [2.45, 2.75) is 116 Å². The first kappa shape index (κ1) is 43.0. The molecule has 0 spiro atoms. The van der Waals surface area contributed by atoms with Gasteiger partial charge in [0, 0.05) is 23.8 Å². The Bertz CT molecular complexity index is 2010. The van der Waals surface area contributed by atoms with E-state index in [1.807, 2.05) is 11.6 Å². The summed E-state index contributed by atoms with van der Waals surface area (Å²) in [5.41, 5.74) is -3.79. The lowest BCUT2D eigenvalue weighted by Crippen LogP contribution is -2.60. The Morgan fingerprint density at radius 2 is 1.80 bits per heavy atom. The van der Waals surface area contributed by atoms with E-state index in [2.05, 4.69) is 38.1 Å². The predicted octanol–water partition coefficient (Wildman–Crippen LogP) is 4.68. The molecule has 308 valence electrons. The zero-order chi connectivity index (χ0) is 41.6. The number of methoxy groups -OCH3 is 1. The second-order valence-corrected chi connectivity index (χ2v) is 18.8. The van der Waals surface area contributed by atoms with Gasteiger partial charge in [-0.15, -0.1) is 6.58 Å². The zero-order valence-electron chi connectivity index (χ0n) is 33.2. The first-order chi connectivity index (χ1) is 25.9. The SMILES string of the molecule is C=C[C@@H]1C[C@]1(NC(=O)[C@@H]1C[C@@H](Oc2cc(OCC)nc3c(Br)c(OC)ccc23)CN1C(=O)[C@@H](NC(=O)OC(C)(C)C)C(C)(C)C)C(=O)NS(=O)(=O)OC1(C)CC1. The molecule has 3 N–H and O–H groups in total. The van der Waals surface area contributed by atoms with Crippen LogP contribution in [0.3, 0.4) is 0 Å². The molecule has 0 unspecified atom stereocenters. The van der Waals surface area contributed by atoms with Crippen molar-refractivity contribution in [1.29, 1.82) is 0 Å². The van der Waals surface area contributed by atoms with Gasteiger partial charge in [0.1, 0.15) is 40.8 Å². The number of nitrogens with one attached hydrogen (secondary N) is 3. The number of rotatable bonds is 14. The van der Waals surface area contributed by atoms with Gasteiger partial charge in [-0.3, -0.25) is 14.4 Å². The molecule has 56 heavy (non-hydrogen) atoms. The molecule has 5 atom stereocenters. The molecule has 3 fully saturated rings. The lowest BCUT2D eigenvalue weighted by molar-refractivity contribution is -0.143. The number of carbonyl (C=O) groups is 4. The third-order valence-corrected chi connectivity index (χ3v) is 11.6. The number of halogens is 1. The van der Waals surface area contributed by atoms with Crippen LogP contribution in [0.2, 0.25) is 0 Å². The van der Waals surface area contributed by atoms with Crippen LogP contribution in [-0.4, -0.2) is 97.3 Å². The van der Waals surface area contributed by atoms with Gasteiger partial charge in [-0.05, 0) is 87.4 Å². The summed E-state index contributed by atoms with van der Waals surface area (Å²) in [7, 11) is -2.98. The normalized spacial score (nSPS) is 23.4. The molecule has 1 aromatic heterocycles. The molecule has 2 saturated carbocycles. The minimum Gasteiger partial charge on any atom is -0.495 e. The van der Waals surface area contributed by atoms with Gasteiger partial charge in [-0.2, -0.15) is 8.42 Å². The molecule has 1 saturated heterocycles. The summed E-state index contributed by atoms with van der Waals surface area (Å²) >= 11 is 3.56. The minimum atomic E-state index is -4.51. The molecule has 1 aromatic carbocycles. The predicted molar refractivity (Wildman–Crippen MR) is 209 cm³/mol. The molecule has 0 radical (unpaired) electrons.